The van der Waals surface area contributed by atoms with Crippen LogP contribution in [-0.4, -0.2) is 27.7 Å². The van der Waals surface area contributed by atoms with E-state index < -0.39 is 0 Å². The number of fused-ring (bicyclic) bond motifs is 3. The number of hydrogen-bond acceptors (Lipinski definition) is 5. The van der Waals surface area contributed by atoms with Crippen molar-refractivity contribution in [2.75, 3.05) is 13.3 Å². The Hall–Kier alpha value is -2.31. The minimum atomic E-state index is -0.309. The maximum atomic E-state index is 12.1. The lowest BCUT2D eigenvalue weighted by Crippen LogP contribution is -2.33. The molecule has 0 bridgehead atoms. The fraction of sp³-hybridized carbons (Fsp3) is 0.368. The van der Waals surface area contributed by atoms with Crippen LogP contribution in [-0.2, 0) is 13.1 Å². The van der Waals surface area contributed by atoms with Crippen LogP contribution in [0, 0.1) is 13.8 Å². The third-order valence-electron chi connectivity index (χ3n) is 4.97. The van der Waals surface area contributed by atoms with E-state index in [1.165, 1.54) is 0 Å². The molecule has 0 saturated heterocycles. The molecule has 7 heteroatoms. The lowest BCUT2D eigenvalue weighted by molar-refractivity contribution is 0.0934. The van der Waals surface area contributed by atoms with E-state index in [4.69, 9.17) is 20.8 Å². The summed E-state index contributed by atoms with van der Waals surface area (Å²) in [5.74, 6) is 0.622. The highest BCUT2D eigenvalue weighted by Gasteiger charge is 2.25. The minimum Gasteiger partial charge on any atom is -0.476 e. The van der Waals surface area contributed by atoms with Gasteiger partial charge in [-0.1, -0.05) is 11.6 Å². The lowest BCUT2D eigenvalue weighted by Gasteiger charge is -2.30. The van der Waals surface area contributed by atoms with Crippen LogP contribution in [0.15, 0.2) is 34.0 Å². The van der Waals surface area contributed by atoms with Crippen LogP contribution in [0.1, 0.15) is 23.1 Å². The van der Waals surface area contributed by atoms with E-state index in [2.05, 4.69) is 14.5 Å². The molecule has 1 aliphatic rings. The number of halogens is 1. The maximum Gasteiger partial charge on any atom is 0.339 e. The number of aryl methyl sites for hydroxylation is 2. The summed E-state index contributed by atoms with van der Waals surface area (Å²) in [6, 6.07) is 1.83. The summed E-state index contributed by atoms with van der Waals surface area (Å²) in [5.41, 5.74) is 2.63. The van der Waals surface area contributed by atoms with E-state index in [1.54, 1.807) is 13.1 Å². The summed E-state index contributed by atoms with van der Waals surface area (Å²) in [7, 11) is 0. The van der Waals surface area contributed by atoms with E-state index in [1.807, 2.05) is 25.5 Å². The molecule has 0 spiro atoms. The van der Waals surface area contributed by atoms with Gasteiger partial charge in [0.05, 0.1) is 16.9 Å². The predicted octanol–water partition coefficient (Wildman–Crippen LogP) is 3.50. The summed E-state index contributed by atoms with van der Waals surface area (Å²) in [4.78, 5) is 18.4. The van der Waals surface area contributed by atoms with Crippen molar-refractivity contribution in [1.82, 2.24) is 14.5 Å². The second-order valence-electron chi connectivity index (χ2n) is 6.66. The second-order valence-corrected chi connectivity index (χ2v) is 7.07. The fourth-order valence-corrected chi connectivity index (χ4v) is 3.63. The first-order valence-electron chi connectivity index (χ1n) is 8.61. The Morgan fingerprint density at radius 3 is 2.88 bits per heavy atom. The summed E-state index contributed by atoms with van der Waals surface area (Å²) < 4.78 is 13.5. The Morgan fingerprint density at radius 2 is 2.12 bits per heavy atom. The van der Waals surface area contributed by atoms with Crippen LogP contribution in [0.4, 0.5) is 0 Å². The van der Waals surface area contributed by atoms with Crippen molar-refractivity contribution in [3.8, 4) is 5.75 Å². The molecule has 1 aliphatic heterocycles. The summed E-state index contributed by atoms with van der Waals surface area (Å²) >= 11 is 6.43. The highest BCUT2D eigenvalue weighted by molar-refractivity contribution is 6.33. The molecular weight excluding hydrogens is 354 g/mol. The van der Waals surface area contributed by atoms with Gasteiger partial charge < -0.3 is 13.7 Å². The number of imidazole rings is 1. The molecule has 1 aromatic carbocycles. The third kappa shape index (κ3) is 2.99. The van der Waals surface area contributed by atoms with Crippen molar-refractivity contribution >= 4 is 22.6 Å². The van der Waals surface area contributed by atoms with Crippen LogP contribution >= 0.6 is 11.6 Å². The quantitative estimate of drug-likeness (QED) is 0.655. The number of aromatic nitrogens is 2. The van der Waals surface area contributed by atoms with Gasteiger partial charge in [-0.15, -0.1) is 0 Å². The van der Waals surface area contributed by atoms with E-state index in [0.717, 1.165) is 36.0 Å². The molecule has 136 valence electrons. The zero-order valence-electron chi connectivity index (χ0n) is 14.8. The lowest BCUT2D eigenvalue weighted by atomic mass is 10.0. The zero-order valence-corrected chi connectivity index (χ0v) is 15.5. The first-order valence-corrected chi connectivity index (χ1v) is 8.98. The Balaban J connectivity index is 1.62. The largest absolute Gasteiger partial charge is 0.476 e. The third-order valence-corrected chi connectivity index (χ3v) is 5.25. The Bertz CT molecular complexity index is 1010. The van der Waals surface area contributed by atoms with Gasteiger partial charge in [-0.25, -0.2) is 9.78 Å². The number of benzene rings is 1. The molecule has 3 aromatic rings. The molecule has 0 radical (unpaired) electrons. The first kappa shape index (κ1) is 17.1. The van der Waals surface area contributed by atoms with E-state index in [0.29, 0.717) is 35.2 Å². The standard InChI is InChI=1S/C19H20ClN3O3/c1-12-13(2)19(24)26-17-14(12)8-16(20)18-15(17)9-23(11-25-18)6-3-5-22-7-4-21-10-22/h4,7-8,10H,3,5-6,9,11H2,1-2H3. The molecule has 0 saturated carbocycles. The van der Waals surface area contributed by atoms with Crippen LogP contribution in [0.3, 0.4) is 0 Å². The van der Waals surface area contributed by atoms with Gasteiger partial charge in [0.1, 0.15) is 18.1 Å². The summed E-state index contributed by atoms with van der Waals surface area (Å²) in [5, 5.41) is 1.43. The Kier molecular flexibility index (Phi) is 4.46. The Labute approximate surface area is 156 Å². The number of rotatable bonds is 4. The van der Waals surface area contributed by atoms with Crippen molar-refractivity contribution < 1.29 is 9.15 Å². The predicted molar refractivity (Wildman–Crippen MR) is 99.7 cm³/mol. The van der Waals surface area contributed by atoms with E-state index in [9.17, 15) is 4.79 Å². The number of ether oxygens (including phenoxy) is 1. The summed E-state index contributed by atoms with van der Waals surface area (Å²) in [6.07, 6.45) is 6.51. The smallest absolute Gasteiger partial charge is 0.339 e. The topological polar surface area (TPSA) is 60.5 Å². The molecule has 0 atom stereocenters. The number of hydrogen-bond donors (Lipinski definition) is 0. The van der Waals surface area contributed by atoms with Gasteiger partial charge in [0.15, 0.2) is 0 Å². The van der Waals surface area contributed by atoms with Crippen molar-refractivity contribution in [3.63, 3.8) is 0 Å². The highest BCUT2D eigenvalue weighted by atomic mass is 35.5. The van der Waals surface area contributed by atoms with Gasteiger partial charge in [0.25, 0.3) is 0 Å². The van der Waals surface area contributed by atoms with Crippen molar-refractivity contribution in [3.05, 3.63) is 56.9 Å². The van der Waals surface area contributed by atoms with Gasteiger partial charge in [-0.2, -0.15) is 0 Å². The molecule has 2 aromatic heterocycles. The Morgan fingerprint density at radius 1 is 1.27 bits per heavy atom. The van der Waals surface area contributed by atoms with Gasteiger partial charge in [0.2, 0.25) is 0 Å². The van der Waals surface area contributed by atoms with Crippen LogP contribution in [0.2, 0.25) is 5.02 Å². The molecule has 4 rings (SSSR count). The van der Waals surface area contributed by atoms with Crippen LogP contribution in [0.25, 0.3) is 11.0 Å². The molecule has 0 amide bonds. The molecule has 0 unspecified atom stereocenters. The average molecular weight is 374 g/mol. The normalized spacial score (nSPS) is 14.4. The van der Waals surface area contributed by atoms with Crippen LogP contribution in [0.5, 0.6) is 5.75 Å². The second kappa shape index (κ2) is 6.78. The van der Waals surface area contributed by atoms with Gasteiger partial charge in [-0.05, 0) is 31.9 Å². The number of nitrogens with zero attached hydrogens (tertiary/aromatic N) is 3. The summed E-state index contributed by atoms with van der Waals surface area (Å²) in [6.45, 7) is 6.56. The van der Waals surface area contributed by atoms with Gasteiger partial charge in [0, 0.05) is 43.0 Å². The van der Waals surface area contributed by atoms with Gasteiger partial charge in [-0.3, -0.25) is 4.90 Å². The molecular formula is C19H20ClN3O3. The fourth-order valence-electron chi connectivity index (χ4n) is 3.35. The van der Waals surface area contributed by atoms with E-state index in [-0.39, 0.29) is 5.63 Å². The molecule has 6 nitrogen and oxygen atoms in total. The SMILES string of the molecule is Cc1c(C)c2cc(Cl)c3c(c2oc1=O)CN(CCCn1ccnc1)CO3. The average Bonchev–Trinajstić information content (AvgIpc) is 3.15. The van der Waals surface area contributed by atoms with Gasteiger partial charge >= 0.3 is 5.63 Å². The molecule has 0 aliphatic carbocycles. The van der Waals surface area contributed by atoms with Crippen LogP contribution < -0.4 is 10.4 Å². The first-order chi connectivity index (χ1) is 12.5. The van der Waals surface area contributed by atoms with E-state index >= 15 is 0 Å². The zero-order chi connectivity index (χ0) is 18.3. The maximum absolute atomic E-state index is 12.1. The molecule has 0 fully saturated rings. The minimum absolute atomic E-state index is 0.309. The van der Waals surface area contributed by atoms with Crippen molar-refractivity contribution in [2.45, 2.75) is 33.4 Å². The van der Waals surface area contributed by atoms with Crippen molar-refractivity contribution in [1.29, 1.82) is 0 Å². The molecule has 3 heterocycles. The monoisotopic (exact) mass is 373 g/mol. The highest BCUT2D eigenvalue weighted by Crippen LogP contribution is 2.39. The molecule has 0 N–H and O–H groups in total. The van der Waals surface area contributed by atoms with Crippen molar-refractivity contribution in [2.24, 2.45) is 0 Å². The molecule has 26 heavy (non-hydrogen) atoms.